The predicted molar refractivity (Wildman–Crippen MR) is 90.6 cm³/mol. The van der Waals surface area contributed by atoms with E-state index >= 15 is 0 Å². The molecule has 0 saturated heterocycles. The summed E-state index contributed by atoms with van der Waals surface area (Å²) in [6, 6.07) is 4.97. The highest BCUT2D eigenvalue weighted by atomic mass is 16.3. The third-order valence-electron chi connectivity index (χ3n) is 3.83. The van der Waals surface area contributed by atoms with Crippen molar-refractivity contribution in [3.63, 3.8) is 0 Å². The van der Waals surface area contributed by atoms with Crippen molar-refractivity contribution >= 4 is 22.8 Å². The number of fused-ring (bicyclic) bond motifs is 1. The average Bonchev–Trinajstić information content (AvgIpc) is 2.90. The minimum absolute atomic E-state index is 0.117. The molecule has 2 aromatic rings. The van der Waals surface area contributed by atoms with Crippen LogP contribution in [0.4, 0.5) is 10.5 Å². The summed E-state index contributed by atoms with van der Waals surface area (Å²) in [6.07, 6.45) is 0.633. The van der Waals surface area contributed by atoms with Gasteiger partial charge in [-0.1, -0.05) is 27.7 Å². The van der Waals surface area contributed by atoms with Crippen LogP contribution in [0.1, 0.15) is 46.9 Å². The Bertz CT molecular complexity index is 697. The summed E-state index contributed by atoms with van der Waals surface area (Å²) in [5.74, 6) is 0.660. The van der Waals surface area contributed by atoms with Crippen molar-refractivity contribution in [1.29, 1.82) is 0 Å². The van der Waals surface area contributed by atoms with Gasteiger partial charge in [0.25, 0.3) is 0 Å². The quantitative estimate of drug-likeness (QED) is 0.806. The molecule has 1 aromatic carbocycles. The smallest absolute Gasteiger partial charge is 0.319 e. The van der Waals surface area contributed by atoms with Gasteiger partial charge in [0.1, 0.15) is 5.52 Å². The molecule has 126 valence electrons. The molecule has 0 aliphatic rings. The van der Waals surface area contributed by atoms with Crippen LogP contribution in [-0.2, 0) is 5.41 Å². The van der Waals surface area contributed by atoms with Gasteiger partial charge in [-0.05, 0) is 31.5 Å². The maximum atomic E-state index is 12.1. The van der Waals surface area contributed by atoms with Crippen molar-refractivity contribution in [1.82, 2.24) is 10.3 Å². The third kappa shape index (κ3) is 4.01. The lowest BCUT2D eigenvalue weighted by Crippen LogP contribution is -2.50. The molecular weight excluding hydrogens is 294 g/mol. The molecule has 6 heteroatoms. The van der Waals surface area contributed by atoms with Gasteiger partial charge in [-0.25, -0.2) is 9.78 Å². The molecule has 3 N–H and O–H groups in total. The number of carbonyl (C=O) groups excluding carboxylic acids is 1. The lowest BCUT2D eigenvalue weighted by atomic mass is 9.97. The summed E-state index contributed by atoms with van der Waals surface area (Å²) >= 11 is 0. The number of benzene rings is 1. The van der Waals surface area contributed by atoms with E-state index in [1.807, 2.05) is 27.7 Å². The number of hydrogen-bond acceptors (Lipinski definition) is 4. The summed E-state index contributed by atoms with van der Waals surface area (Å²) in [4.78, 5) is 16.5. The van der Waals surface area contributed by atoms with Gasteiger partial charge in [0, 0.05) is 11.1 Å². The highest BCUT2D eigenvalue weighted by Gasteiger charge is 2.24. The van der Waals surface area contributed by atoms with E-state index in [9.17, 15) is 9.90 Å². The van der Waals surface area contributed by atoms with E-state index in [1.54, 1.807) is 25.1 Å². The number of anilines is 1. The van der Waals surface area contributed by atoms with Crippen LogP contribution in [0.2, 0.25) is 0 Å². The summed E-state index contributed by atoms with van der Waals surface area (Å²) in [5, 5.41) is 14.9. The van der Waals surface area contributed by atoms with Gasteiger partial charge in [-0.15, -0.1) is 0 Å². The summed E-state index contributed by atoms with van der Waals surface area (Å²) in [7, 11) is 0. The van der Waals surface area contributed by atoms with Crippen LogP contribution in [-0.4, -0.2) is 28.3 Å². The molecule has 1 aromatic heterocycles. The molecular formula is C17H25N3O3. The first kappa shape index (κ1) is 17.3. The molecule has 1 heterocycles. The summed E-state index contributed by atoms with van der Waals surface area (Å²) in [5.41, 5.74) is 1.21. The van der Waals surface area contributed by atoms with E-state index in [4.69, 9.17) is 4.42 Å². The topological polar surface area (TPSA) is 87.4 Å². The maximum absolute atomic E-state index is 12.1. The molecule has 0 aliphatic heterocycles. The van der Waals surface area contributed by atoms with Crippen LogP contribution in [0.3, 0.4) is 0 Å². The van der Waals surface area contributed by atoms with Gasteiger partial charge < -0.3 is 20.2 Å². The highest BCUT2D eigenvalue weighted by Crippen LogP contribution is 2.27. The Labute approximate surface area is 136 Å². The number of carbonyl (C=O) groups is 1. The third-order valence-corrected chi connectivity index (χ3v) is 3.83. The van der Waals surface area contributed by atoms with Gasteiger partial charge in [0.05, 0.1) is 12.1 Å². The van der Waals surface area contributed by atoms with E-state index in [0.717, 1.165) is 0 Å². The zero-order valence-corrected chi connectivity index (χ0v) is 14.4. The van der Waals surface area contributed by atoms with Gasteiger partial charge in [-0.2, -0.15) is 0 Å². The molecule has 2 amide bonds. The second kappa shape index (κ2) is 6.20. The number of oxazole rings is 1. The predicted octanol–water partition coefficient (Wildman–Crippen LogP) is 3.41. The molecule has 0 spiro atoms. The Morgan fingerprint density at radius 2 is 2.00 bits per heavy atom. The largest absolute Gasteiger partial charge is 0.440 e. The molecule has 0 radical (unpaired) electrons. The van der Waals surface area contributed by atoms with Gasteiger partial charge >= 0.3 is 6.03 Å². The minimum atomic E-state index is -0.637. The lowest BCUT2D eigenvalue weighted by molar-refractivity contribution is 0.172. The highest BCUT2D eigenvalue weighted by molar-refractivity contribution is 5.92. The average molecular weight is 319 g/mol. The first-order valence-corrected chi connectivity index (χ1v) is 7.78. The van der Waals surface area contributed by atoms with Crippen molar-refractivity contribution in [2.75, 3.05) is 11.9 Å². The van der Waals surface area contributed by atoms with Crippen molar-refractivity contribution < 1.29 is 14.3 Å². The molecule has 2 rings (SSSR count). The zero-order valence-electron chi connectivity index (χ0n) is 14.4. The number of urea groups is 1. The second-order valence-electron chi connectivity index (χ2n) is 7.10. The number of nitrogens with one attached hydrogen (secondary N) is 2. The zero-order chi connectivity index (χ0) is 17.3. The first-order valence-electron chi connectivity index (χ1n) is 7.78. The summed E-state index contributed by atoms with van der Waals surface area (Å²) in [6.45, 7) is 9.68. The Hall–Kier alpha value is -2.08. The van der Waals surface area contributed by atoms with Crippen LogP contribution >= 0.6 is 0 Å². The standard InChI is InChI=1S/C17H25N3O3/c1-6-17(5,10-21)20-15(22)18-11-7-8-13-12(9-11)19-14(23-13)16(2,3)4/h7-9,21H,6,10H2,1-5H3,(H2,18,20,22). The van der Waals surface area contributed by atoms with Crippen LogP contribution in [0.15, 0.2) is 22.6 Å². The number of nitrogens with zero attached hydrogens (tertiary/aromatic N) is 1. The first-order chi connectivity index (χ1) is 10.7. The van der Waals surface area contributed by atoms with E-state index in [-0.39, 0.29) is 18.1 Å². The maximum Gasteiger partial charge on any atom is 0.319 e. The van der Waals surface area contributed by atoms with Crippen LogP contribution in [0, 0.1) is 0 Å². The fourth-order valence-corrected chi connectivity index (χ4v) is 2.00. The number of amides is 2. The number of aliphatic hydroxyl groups is 1. The van der Waals surface area contributed by atoms with Gasteiger partial charge in [0.15, 0.2) is 5.58 Å². The molecule has 0 bridgehead atoms. The second-order valence-corrected chi connectivity index (χ2v) is 7.10. The van der Waals surface area contributed by atoms with Gasteiger partial charge in [0.2, 0.25) is 5.89 Å². The molecule has 0 saturated carbocycles. The monoisotopic (exact) mass is 319 g/mol. The number of aliphatic hydroxyl groups excluding tert-OH is 1. The molecule has 0 aliphatic carbocycles. The lowest BCUT2D eigenvalue weighted by Gasteiger charge is -2.27. The molecule has 6 nitrogen and oxygen atoms in total. The molecule has 1 unspecified atom stereocenters. The van der Waals surface area contributed by atoms with Crippen molar-refractivity contribution in [2.45, 2.75) is 52.0 Å². The normalized spacial score (nSPS) is 14.5. The number of hydrogen-bond donors (Lipinski definition) is 3. The van der Waals surface area contributed by atoms with E-state index in [0.29, 0.717) is 29.1 Å². The van der Waals surface area contributed by atoms with Crippen molar-refractivity contribution in [2.24, 2.45) is 0 Å². The van der Waals surface area contributed by atoms with Crippen LogP contribution in [0.25, 0.3) is 11.1 Å². The summed E-state index contributed by atoms with van der Waals surface area (Å²) < 4.78 is 5.74. The number of aromatic nitrogens is 1. The molecule has 0 fully saturated rings. The fourth-order valence-electron chi connectivity index (χ4n) is 2.00. The van der Waals surface area contributed by atoms with Crippen molar-refractivity contribution in [3.8, 4) is 0 Å². The SMILES string of the molecule is CCC(C)(CO)NC(=O)Nc1ccc2oc(C(C)(C)C)nc2c1. The van der Waals surface area contributed by atoms with E-state index in [2.05, 4.69) is 15.6 Å². The van der Waals surface area contributed by atoms with Crippen LogP contribution in [0.5, 0.6) is 0 Å². The minimum Gasteiger partial charge on any atom is -0.440 e. The Kier molecular flexibility index (Phi) is 4.66. The Morgan fingerprint density at radius 3 is 2.57 bits per heavy atom. The van der Waals surface area contributed by atoms with Gasteiger partial charge in [-0.3, -0.25) is 0 Å². The Balaban J connectivity index is 2.16. The van der Waals surface area contributed by atoms with E-state index < -0.39 is 5.54 Å². The van der Waals surface area contributed by atoms with Crippen molar-refractivity contribution in [3.05, 3.63) is 24.1 Å². The van der Waals surface area contributed by atoms with E-state index in [1.165, 1.54) is 0 Å². The molecule has 1 atom stereocenters. The fraction of sp³-hybridized carbons (Fsp3) is 0.529. The Morgan fingerprint density at radius 1 is 1.30 bits per heavy atom. The van der Waals surface area contributed by atoms with Crippen LogP contribution < -0.4 is 10.6 Å². The molecule has 23 heavy (non-hydrogen) atoms. The number of rotatable bonds is 4.